The Kier molecular flexibility index (Phi) is 5.91. The molecular formula is C19H26O. The van der Waals surface area contributed by atoms with Crippen molar-refractivity contribution in [2.24, 2.45) is 0 Å². The molecule has 0 bridgehead atoms. The number of aryl methyl sites for hydroxylation is 1. The van der Waals surface area contributed by atoms with Crippen molar-refractivity contribution in [3.63, 3.8) is 0 Å². The summed E-state index contributed by atoms with van der Waals surface area (Å²) in [7, 11) is 0. The quantitative estimate of drug-likeness (QED) is 0.555. The van der Waals surface area contributed by atoms with Crippen LogP contribution in [-0.4, -0.2) is 6.61 Å². The number of rotatable bonds is 8. The summed E-state index contributed by atoms with van der Waals surface area (Å²) in [6.45, 7) is 5.31. The lowest BCUT2D eigenvalue weighted by Crippen LogP contribution is -2.01. The minimum Gasteiger partial charge on any atom is -0.493 e. The van der Waals surface area contributed by atoms with Crippen molar-refractivity contribution in [1.82, 2.24) is 0 Å². The Balaban J connectivity index is 2.13. The Morgan fingerprint density at radius 1 is 0.850 bits per heavy atom. The Hall–Kier alpha value is -1.50. The first-order chi connectivity index (χ1) is 9.86. The van der Waals surface area contributed by atoms with Crippen molar-refractivity contribution >= 4 is 10.8 Å². The summed E-state index contributed by atoms with van der Waals surface area (Å²) in [5.74, 6) is 1.09. The van der Waals surface area contributed by atoms with Gasteiger partial charge >= 0.3 is 0 Å². The summed E-state index contributed by atoms with van der Waals surface area (Å²) in [5, 5.41) is 2.66. The third-order valence-corrected chi connectivity index (χ3v) is 3.75. The molecule has 0 spiro atoms. The van der Waals surface area contributed by atoms with Gasteiger partial charge in [-0.2, -0.15) is 0 Å². The number of ether oxygens (including phenoxy) is 1. The number of hydrogen-bond donors (Lipinski definition) is 0. The summed E-state index contributed by atoms with van der Waals surface area (Å²) in [6.07, 6.45) is 7.26. The maximum absolute atomic E-state index is 6.04. The third-order valence-electron chi connectivity index (χ3n) is 3.75. The van der Waals surface area contributed by atoms with Crippen LogP contribution in [0.15, 0.2) is 36.4 Å². The lowest BCUT2D eigenvalue weighted by Gasteiger charge is -2.14. The maximum atomic E-state index is 6.04. The van der Waals surface area contributed by atoms with Crippen molar-refractivity contribution in [2.75, 3.05) is 6.61 Å². The summed E-state index contributed by atoms with van der Waals surface area (Å²) in [5.41, 5.74) is 1.38. The van der Waals surface area contributed by atoms with E-state index in [0.29, 0.717) is 0 Å². The monoisotopic (exact) mass is 270 g/mol. The molecule has 108 valence electrons. The fraction of sp³-hybridized carbons (Fsp3) is 0.474. The molecule has 0 aliphatic carbocycles. The summed E-state index contributed by atoms with van der Waals surface area (Å²) in [6, 6.07) is 12.9. The molecule has 2 aromatic carbocycles. The molecule has 0 atom stereocenters. The minimum absolute atomic E-state index is 0.842. The van der Waals surface area contributed by atoms with Crippen LogP contribution in [0.25, 0.3) is 10.8 Å². The molecule has 0 unspecified atom stereocenters. The van der Waals surface area contributed by atoms with Gasteiger partial charge < -0.3 is 4.74 Å². The Morgan fingerprint density at radius 3 is 2.50 bits per heavy atom. The average molecular weight is 270 g/mol. The number of unbranched alkanes of at least 4 members (excludes halogenated alkanes) is 3. The van der Waals surface area contributed by atoms with Gasteiger partial charge in [0.2, 0.25) is 0 Å². The summed E-state index contributed by atoms with van der Waals surface area (Å²) >= 11 is 0. The van der Waals surface area contributed by atoms with Crippen LogP contribution in [0.3, 0.4) is 0 Å². The van der Waals surface area contributed by atoms with Crippen LogP contribution in [0.2, 0.25) is 0 Å². The smallest absolute Gasteiger partial charge is 0.123 e. The lowest BCUT2D eigenvalue weighted by molar-refractivity contribution is 0.302. The average Bonchev–Trinajstić information content (AvgIpc) is 2.49. The van der Waals surface area contributed by atoms with Gasteiger partial charge in [-0.05, 0) is 29.7 Å². The van der Waals surface area contributed by atoms with Gasteiger partial charge in [0.25, 0.3) is 0 Å². The van der Waals surface area contributed by atoms with E-state index in [0.717, 1.165) is 31.6 Å². The molecule has 1 nitrogen and oxygen atoms in total. The van der Waals surface area contributed by atoms with E-state index >= 15 is 0 Å². The van der Waals surface area contributed by atoms with Gasteiger partial charge in [0, 0.05) is 5.56 Å². The van der Waals surface area contributed by atoms with Crippen LogP contribution in [0.1, 0.15) is 51.5 Å². The van der Waals surface area contributed by atoms with Crippen LogP contribution < -0.4 is 4.74 Å². The first kappa shape index (κ1) is 14.9. The molecule has 0 saturated heterocycles. The highest BCUT2D eigenvalue weighted by Gasteiger charge is 2.07. The van der Waals surface area contributed by atoms with Gasteiger partial charge in [-0.15, -0.1) is 0 Å². The zero-order chi connectivity index (χ0) is 14.2. The van der Waals surface area contributed by atoms with E-state index in [1.54, 1.807) is 0 Å². The fourth-order valence-corrected chi connectivity index (χ4v) is 2.67. The van der Waals surface area contributed by atoms with E-state index < -0.39 is 0 Å². The molecule has 0 heterocycles. The summed E-state index contributed by atoms with van der Waals surface area (Å²) < 4.78 is 6.04. The molecule has 0 N–H and O–H groups in total. The van der Waals surface area contributed by atoms with Gasteiger partial charge in [0.15, 0.2) is 0 Å². The second-order valence-electron chi connectivity index (χ2n) is 5.42. The first-order valence-corrected chi connectivity index (χ1v) is 8.00. The van der Waals surface area contributed by atoms with Gasteiger partial charge in [-0.3, -0.25) is 0 Å². The molecule has 1 heteroatoms. The van der Waals surface area contributed by atoms with E-state index in [-0.39, 0.29) is 0 Å². The molecule has 0 aliphatic heterocycles. The van der Waals surface area contributed by atoms with Crippen LogP contribution >= 0.6 is 0 Å². The third kappa shape index (κ3) is 3.75. The van der Waals surface area contributed by atoms with Crippen molar-refractivity contribution in [3.8, 4) is 5.75 Å². The number of hydrogen-bond acceptors (Lipinski definition) is 1. The van der Waals surface area contributed by atoms with Crippen molar-refractivity contribution in [1.29, 1.82) is 0 Å². The highest BCUT2D eigenvalue weighted by molar-refractivity contribution is 5.87. The van der Waals surface area contributed by atoms with Crippen molar-refractivity contribution in [2.45, 2.75) is 52.4 Å². The minimum atomic E-state index is 0.842. The van der Waals surface area contributed by atoms with E-state index in [4.69, 9.17) is 4.74 Å². The first-order valence-electron chi connectivity index (χ1n) is 8.00. The molecular weight excluding hydrogens is 244 g/mol. The standard InChI is InChI=1S/C19H26O/c1-3-5-6-9-15-20-19-14-13-16-11-7-8-12-17(16)18(19)10-4-2/h7-8,11-14H,3-6,9-10,15H2,1-2H3. The molecule has 0 amide bonds. The molecule has 0 aromatic heterocycles. The van der Waals surface area contributed by atoms with E-state index in [9.17, 15) is 0 Å². The lowest BCUT2D eigenvalue weighted by atomic mass is 10.00. The maximum Gasteiger partial charge on any atom is 0.123 e. The van der Waals surface area contributed by atoms with Crippen molar-refractivity contribution in [3.05, 3.63) is 42.0 Å². The van der Waals surface area contributed by atoms with Gasteiger partial charge in [-0.25, -0.2) is 0 Å². The molecule has 20 heavy (non-hydrogen) atoms. The van der Waals surface area contributed by atoms with E-state index in [2.05, 4.69) is 50.2 Å². The van der Waals surface area contributed by atoms with Crippen LogP contribution in [0.5, 0.6) is 5.75 Å². The molecule has 0 radical (unpaired) electrons. The zero-order valence-electron chi connectivity index (χ0n) is 12.8. The Labute approximate surface area is 123 Å². The van der Waals surface area contributed by atoms with Gasteiger partial charge in [0.05, 0.1) is 6.61 Å². The van der Waals surface area contributed by atoms with Crippen LogP contribution in [0.4, 0.5) is 0 Å². The normalized spacial score (nSPS) is 10.9. The fourth-order valence-electron chi connectivity index (χ4n) is 2.67. The summed E-state index contributed by atoms with van der Waals surface area (Å²) in [4.78, 5) is 0. The number of benzene rings is 2. The van der Waals surface area contributed by atoms with E-state index in [1.807, 2.05) is 0 Å². The second-order valence-corrected chi connectivity index (χ2v) is 5.42. The van der Waals surface area contributed by atoms with Gasteiger partial charge in [0.1, 0.15) is 5.75 Å². The second kappa shape index (κ2) is 7.94. The molecule has 2 aromatic rings. The SMILES string of the molecule is CCCCCCOc1ccc2ccccc2c1CCC. The molecule has 2 rings (SSSR count). The molecule has 0 fully saturated rings. The van der Waals surface area contributed by atoms with Crippen LogP contribution in [0, 0.1) is 0 Å². The topological polar surface area (TPSA) is 9.23 Å². The van der Waals surface area contributed by atoms with E-state index in [1.165, 1.54) is 35.6 Å². The Morgan fingerprint density at radius 2 is 1.70 bits per heavy atom. The highest BCUT2D eigenvalue weighted by atomic mass is 16.5. The number of fused-ring (bicyclic) bond motifs is 1. The van der Waals surface area contributed by atoms with Gasteiger partial charge in [-0.1, -0.05) is 69.9 Å². The van der Waals surface area contributed by atoms with Crippen molar-refractivity contribution < 1.29 is 4.74 Å². The largest absolute Gasteiger partial charge is 0.493 e. The highest BCUT2D eigenvalue weighted by Crippen LogP contribution is 2.29. The van der Waals surface area contributed by atoms with Crippen LogP contribution in [-0.2, 0) is 6.42 Å². The predicted molar refractivity (Wildman–Crippen MR) is 87.6 cm³/mol. The predicted octanol–water partition coefficient (Wildman–Crippen LogP) is 5.75. The Bertz CT molecular complexity index is 530. The molecule has 0 aliphatic rings. The zero-order valence-corrected chi connectivity index (χ0v) is 12.8. The molecule has 0 saturated carbocycles.